The van der Waals surface area contributed by atoms with Crippen molar-refractivity contribution in [1.82, 2.24) is 4.90 Å². The molecule has 2 N–H and O–H groups in total. The summed E-state index contributed by atoms with van der Waals surface area (Å²) < 4.78 is 0. The highest BCUT2D eigenvalue weighted by Gasteiger charge is 2.50. The maximum atomic E-state index is 12.6. The average Bonchev–Trinajstić information content (AvgIpc) is 2.75. The van der Waals surface area contributed by atoms with Crippen molar-refractivity contribution in [3.63, 3.8) is 0 Å². The van der Waals surface area contributed by atoms with Crippen LogP contribution in [0.3, 0.4) is 0 Å². The van der Waals surface area contributed by atoms with Gasteiger partial charge in [-0.3, -0.25) is 4.79 Å². The molecular weight excluding hydrogens is 254 g/mol. The fourth-order valence-electron chi connectivity index (χ4n) is 3.72. The van der Waals surface area contributed by atoms with E-state index in [0.29, 0.717) is 0 Å². The van der Waals surface area contributed by atoms with E-state index in [0.717, 1.165) is 31.2 Å². The number of benzene rings is 1. The lowest BCUT2D eigenvalue weighted by Gasteiger charge is -2.31. The van der Waals surface area contributed by atoms with Crippen molar-refractivity contribution in [2.24, 2.45) is 11.8 Å². The van der Waals surface area contributed by atoms with Crippen LogP contribution in [0.2, 0.25) is 0 Å². The second-order valence-electron chi connectivity index (χ2n) is 5.82. The number of amides is 1. The molecule has 1 saturated carbocycles. The average molecular weight is 275 g/mol. The minimum atomic E-state index is -0.759. The Kier molecular flexibility index (Phi) is 3.76. The van der Waals surface area contributed by atoms with Crippen molar-refractivity contribution in [2.75, 3.05) is 6.61 Å². The Bertz CT molecular complexity index is 476. The van der Waals surface area contributed by atoms with Crippen molar-refractivity contribution in [1.29, 1.82) is 0 Å². The van der Waals surface area contributed by atoms with Crippen molar-refractivity contribution < 1.29 is 15.0 Å². The quantitative estimate of drug-likeness (QED) is 0.882. The summed E-state index contributed by atoms with van der Waals surface area (Å²) in [5.74, 6) is -0.0179. The van der Waals surface area contributed by atoms with Crippen LogP contribution in [0, 0.1) is 11.8 Å². The summed E-state index contributed by atoms with van der Waals surface area (Å²) in [4.78, 5) is 14.1. The van der Waals surface area contributed by atoms with E-state index in [1.807, 2.05) is 30.3 Å². The Morgan fingerprint density at radius 2 is 1.90 bits per heavy atom. The molecule has 1 unspecified atom stereocenters. The normalized spacial score (nSPS) is 31.2. The highest BCUT2D eigenvalue weighted by atomic mass is 16.3. The predicted octanol–water partition coefficient (Wildman–Crippen LogP) is 1.69. The predicted molar refractivity (Wildman–Crippen MR) is 74.6 cm³/mol. The molecule has 0 radical (unpaired) electrons. The number of hydrogen-bond acceptors (Lipinski definition) is 3. The molecule has 3 rings (SSSR count). The number of rotatable bonds is 3. The number of carbonyl (C=O) groups is 1. The minimum absolute atomic E-state index is 0.00473. The third-order valence-corrected chi connectivity index (χ3v) is 4.75. The smallest absolute Gasteiger partial charge is 0.228 e. The van der Waals surface area contributed by atoms with E-state index in [4.69, 9.17) is 0 Å². The molecule has 20 heavy (non-hydrogen) atoms. The molecule has 1 aromatic carbocycles. The molecule has 4 nitrogen and oxygen atoms in total. The highest BCUT2D eigenvalue weighted by molar-refractivity contribution is 5.82. The van der Waals surface area contributed by atoms with E-state index in [2.05, 4.69) is 0 Å². The van der Waals surface area contributed by atoms with Gasteiger partial charge in [-0.05, 0) is 18.4 Å². The van der Waals surface area contributed by atoms with Gasteiger partial charge in [0.05, 0.1) is 12.6 Å². The van der Waals surface area contributed by atoms with Crippen LogP contribution in [0.4, 0.5) is 0 Å². The van der Waals surface area contributed by atoms with Crippen molar-refractivity contribution in [3.8, 4) is 0 Å². The number of carbonyl (C=O) groups excluding carboxylic acids is 1. The van der Waals surface area contributed by atoms with Crippen LogP contribution >= 0.6 is 0 Å². The molecule has 0 bridgehead atoms. The largest absolute Gasteiger partial charge is 0.394 e. The summed E-state index contributed by atoms with van der Waals surface area (Å²) in [6, 6.07) is 9.02. The number of hydrogen-bond donors (Lipinski definition) is 2. The van der Waals surface area contributed by atoms with Crippen LogP contribution < -0.4 is 0 Å². The second kappa shape index (κ2) is 5.54. The molecule has 1 aliphatic heterocycles. The van der Waals surface area contributed by atoms with Gasteiger partial charge in [-0.15, -0.1) is 0 Å². The van der Waals surface area contributed by atoms with E-state index in [-0.39, 0.29) is 24.3 Å². The van der Waals surface area contributed by atoms with E-state index in [9.17, 15) is 15.0 Å². The minimum Gasteiger partial charge on any atom is -0.394 e. The lowest BCUT2D eigenvalue weighted by atomic mass is 9.81. The first kappa shape index (κ1) is 13.6. The van der Waals surface area contributed by atoms with E-state index < -0.39 is 12.3 Å². The number of aliphatic hydroxyl groups is 2. The molecule has 4 heteroatoms. The number of fused-ring (bicyclic) bond motifs is 1. The molecule has 1 aromatic rings. The zero-order valence-corrected chi connectivity index (χ0v) is 11.5. The summed E-state index contributed by atoms with van der Waals surface area (Å²) in [5.41, 5.74) is 0.876. The third-order valence-electron chi connectivity index (χ3n) is 4.75. The van der Waals surface area contributed by atoms with Crippen LogP contribution in [-0.2, 0) is 4.79 Å². The molecule has 1 amide bonds. The molecule has 1 aliphatic carbocycles. The van der Waals surface area contributed by atoms with Gasteiger partial charge in [-0.1, -0.05) is 43.2 Å². The number of nitrogens with zero attached hydrogens (tertiary/aromatic N) is 1. The maximum absolute atomic E-state index is 12.6. The van der Waals surface area contributed by atoms with E-state index in [1.54, 1.807) is 0 Å². The fourth-order valence-corrected chi connectivity index (χ4v) is 3.72. The molecule has 2 fully saturated rings. The van der Waals surface area contributed by atoms with Crippen molar-refractivity contribution in [2.45, 2.75) is 38.0 Å². The van der Waals surface area contributed by atoms with Crippen molar-refractivity contribution >= 4 is 5.91 Å². The second-order valence-corrected chi connectivity index (χ2v) is 5.82. The Morgan fingerprint density at radius 3 is 2.55 bits per heavy atom. The fraction of sp³-hybridized carbons (Fsp3) is 0.562. The summed E-state index contributed by atoms with van der Waals surface area (Å²) in [6.07, 6.45) is 3.15. The Hall–Kier alpha value is -1.39. The van der Waals surface area contributed by atoms with Crippen LogP contribution in [0.15, 0.2) is 30.3 Å². The summed E-state index contributed by atoms with van der Waals surface area (Å²) in [5, 5.41) is 20.2. The first-order valence-electron chi connectivity index (χ1n) is 7.40. The Labute approximate surface area is 119 Å². The summed E-state index contributed by atoms with van der Waals surface area (Å²) in [7, 11) is 0. The molecule has 0 aromatic heterocycles. The zero-order chi connectivity index (χ0) is 14.1. The first-order valence-corrected chi connectivity index (χ1v) is 7.40. The number of aliphatic hydroxyl groups excluding tert-OH is 2. The van der Waals surface area contributed by atoms with Gasteiger partial charge in [0.25, 0.3) is 0 Å². The van der Waals surface area contributed by atoms with Gasteiger partial charge in [0, 0.05) is 11.8 Å². The van der Waals surface area contributed by atoms with Gasteiger partial charge in [0.15, 0.2) is 0 Å². The topological polar surface area (TPSA) is 60.8 Å². The first-order chi connectivity index (χ1) is 9.74. The van der Waals surface area contributed by atoms with Crippen LogP contribution in [0.25, 0.3) is 0 Å². The number of likely N-dealkylation sites (tertiary alicyclic amines) is 1. The molecule has 108 valence electrons. The van der Waals surface area contributed by atoms with E-state index >= 15 is 0 Å². The third kappa shape index (κ3) is 2.13. The van der Waals surface area contributed by atoms with Crippen LogP contribution in [-0.4, -0.2) is 33.9 Å². The standard InChI is InChI=1S/C16H21NO3/c18-10-14(11-6-2-1-3-7-11)17-15(19)12-8-4-5-9-13(12)16(17)20/h1-3,6-7,12-15,18-19H,4-5,8-10H2/t12-,13+,14?,15+/m1/s1. The van der Waals surface area contributed by atoms with Crippen LogP contribution in [0.5, 0.6) is 0 Å². The monoisotopic (exact) mass is 275 g/mol. The Balaban J connectivity index is 1.90. The molecule has 4 atom stereocenters. The van der Waals surface area contributed by atoms with Gasteiger partial charge in [-0.25, -0.2) is 0 Å². The lowest BCUT2D eigenvalue weighted by molar-refractivity contribution is -0.140. The summed E-state index contributed by atoms with van der Waals surface area (Å²) in [6.45, 7) is -0.160. The van der Waals surface area contributed by atoms with Gasteiger partial charge in [0.1, 0.15) is 6.23 Å². The highest BCUT2D eigenvalue weighted by Crippen LogP contribution is 2.43. The van der Waals surface area contributed by atoms with Gasteiger partial charge >= 0.3 is 0 Å². The maximum Gasteiger partial charge on any atom is 0.228 e. The zero-order valence-electron chi connectivity index (χ0n) is 11.5. The van der Waals surface area contributed by atoms with Crippen molar-refractivity contribution in [3.05, 3.63) is 35.9 Å². The van der Waals surface area contributed by atoms with Gasteiger partial charge < -0.3 is 15.1 Å². The molecule has 0 spiro atoms. The summed E-state index contributed by atoms with van der Waals surface area (Å²) >= 11 is 0. The Morgan fingerprint density at radius 1 is 1.20 bits per heavy atom. The SMILES string of the molecule is O=C1[C@H]2CCCC[C@H]2[C@H](O)N1C(CO)c1ccccc1. The molecular formula is C16H21NO3. The van der Waals surface area contributed by atoms with Gasteiger partial charge in [-0.2, -0.15) is 0 Å². The molecule has 1 heterocycles. The lowest BCUT2D eigenvalue weighted by Crippen LogP contribution is -2.40. The van der Waals surface area contributed by atoms with Crippen LogP contribution in [0.1, 0.15) is 37.3 Å². The van der Waals surface area contributed by atoms with Gasteiger partial charge in [0.2, 0.25) is 5.91 Å². The molecule has 2 aliphatic rings. The van der Waals surface area contributed by atoms with E-state index in [1.165, 1.54) is 4.90 Å². The molecule has 1 saturated heterocycles.